The smallest absolute Gasteiger partial charge is 0.174 e. The van der Waals surface area contributed by atoms with Crippen molar-refractivity contribution < 1.29 is 0 Å². The highest BCUT2D eigenvalue weighted by molar-refractivity contribution is 6.29. The van der Waals surface area contributed by atoms with Crippen LogP contribution in [-0.4, -0.2) is 15.0 Å². The first-order valence-corrected chi connectivity index (χ1v) is 5.19. The lowest BCUT2D eigenvalue weighted by Gasteiger charge is -2.01. The van der Waals surface area contributed by atoms with E-state index < -0.39 is 0 Å². The average molecular weight is 202 g/mol. The minimum Gasteiger partial charge on any atom is -0.248 e. The molecule has 13 heavy (non-hydrogen) atoms. The van der Waals surface area contributed by atoms with Crippen molar-refractivity contribution in [2.24, 2.45) is 0 Å². The number of hydrogen-bond acceptors (Lipinski definition) is 2. The Hall–Kier alpha value is -0.570. The number of hydrogen-bond donors (Lipinski definition) is 0. The minimum absolute atomic E-state index is 0.524. The van der Waals surface area contributed by atoms with Crippen molar-refractivity contribution >= 4 is 11.6 Å². The zero-order chi connectivity index (χ0) is 9.68. The maximum absolute atomic E-state index is 5.78. The molecule has 0 aliphatic heterocycles. The quantitative estimate of drug-likeness (QED) is 0.686. The summed E-state index contributed by atoms with van der Waals surface area (Å²) in [5.41, 5.74) is 0.971. The number of aryl methyl sites for hydroxylation is 1. The van der Waals surface area contributed by atoms with E-state index in [4.69, 9.17) is 11.6 Å². The SMILES string of the molecule is CCCCCCn1nnc(Cl)c1C. The summed E-state index contributed by atoms with van der Waals surface area (Å²) in [6.07, 6.45) is 4.97. The van der Waals surface area contributed by atoms with E-state index >= 15 is 0 Å². The maximum Gasteiger partial charge on any atom is 0.174 e. The third-order valence-corrected chi connectivity index (χ3v) is 2.50. The fraction of sp³-hybridized carbons (Fsp3) is 0.778. The zero-order valence-electron chi connectivity index (χ0n) is 8.26. The first-order valence-electron chi connectivity index (χ1n) is 4.81. The molecule has 0 saturated carbocycles. The van der Waals surface area contributed by atoms with Crippen LogP contribution in [0.3, 0.4) is 0 Å². The Labute approximate surface area is 84.1 Å². The van der Waals surface area contributed by atoms with Crippen LogP contribution < -0.4 is 0 Å². The van der Waals surface area contributed by atoms with Crippen molar-refractivity contribution in [1.29, 1.82) is 0 Å². The van der Waals surface area contributed by atoms with Crippen LogP contribution in [0.15, 0.2) is 0 Å². The molecule has 0 unspecified atom stereocenters. The summed E-state index contributed by atoms with van der Waals surface area (Å²) in [6.45, 7) is 5.09. The van der Waals surface area contributed by atoms with Gasteiger partial charge in [-0.3, -0.25) is 0 Å². The molecule has 0 atom stereocenters. The first-order chi connectivity index (χ1) is 6.25. The molecule has 0 aromatic carbocycles. The van der Waals surface area contributed by atoms with Crippen LogP contribution in [0.25, 0.3) is 0 Å². The first kappa shape index (κ1) is 10.5. The molecule has 0 amide bonds. The van der Waals surface area contributed by atoms with Gasteiger partial charge in [-0.05, 0) is 13.3 Å². The molecule has 0 N–H and O–H groups in total. The molecule has 3 nitrogen and oxygen atoms in total. The van der Waals surface area contributed by atoms with E-state index in [0.29, 0.717) is 5.15 Å². The van der Waals surface area contributed by atoms with Gasteiger partial charge in [0, 0.05) is 6.54 Å². The molecule has 0 fully saturated rings. The van der Waals surface area contributed by atoms with Crippen LogP contribution in [0.1, 0.15) is 38.3 Å². The molecular weight excluding hydrogens is 186 g/mol. The number of rotatable bonds is 5. The van der Waals surface area contributed by atoms with Gasteiger partial charge in [0.25, 0.3) is 0 Å². The summed E-state index contributed by atoms with van der Waals surface area (Å²) >= 11 is 5.78. The Kier molecular flexibility index (Phi) is 4.22. The normalized spacial score (nSPS) is 10.7. The molecule has 0 radical (unpaired) electrons. The Morgan fingerprint density at radius 3 is 2.62 bits per heavy atom. The van der Waals surface area contributed by atoms with Gasteiger partial charge in [-0.25, -0.2) is 4.68 Å². The highest BCUT2D eigenvalue weighted by Gasteiger charge is 2.04. The molecule has 0 bridgehead atoms. The van der Waals surface area contributed by atoms with Crippen LogP contribution in [0, 0.1) is 6.92 Å². The summed E-state index contributed by atoms with van der Waals surface area (Å²) in [4.78, 5) is 0. The van der Waals surface area contributed by atoms with E-state index in [1.807, 2.05) is 11.6 Å². The third-order valence-electron chi connectivity index (χ3n) is 2.15. The van der Waals surface area contributed by atoms with Gasteiger partial charge in [0.1, 0.15) is 0 Å². The second-order valence-electron chi connectivity index (χ2n) is 3.25. The van der Waals surface area contributed by atoms with Crippen molar-refractivity contribution in [1.82, 2.24) is 15.0 Å². The Morgan fingerprint density at radius 2 is 2.08 bits per heavy atom. The summed E-state index contributed by atoms with van der Waals surface area (Å²) in [6, 6.07) is 0. The van der Waals surface area contributed by atoms with Crippen molar-refractivity contribution in [3.63, 3.8) is 0 Å². The lowest BCUT2D eigenvalue weighted by atomic mass is 10.2. The Morgan fingerprint density at radius 1 is 1.31 bits per heavy atom. The van der Waals surface area contributed by atoms with E-state index in [9.17, 15) is 0 Å². The predicted octanol–water partition coefficient (Wildman–Crippen LogP) is 2.82. The van der Waals surface area contributed by atoms with Crippen molar-refractivity contribution in [2.75, 3.05) is 0 Å². The third kappa shape index (κ3) is 2.99. The summed E-state index contributed by atoms with van der Waals surface area (Å²) in [5, 5.41) is 8.26. The van der Waals surface area contributed by atoms with Crippen LogP contribution in [0.2, 0.25) is 5.15 Å². The highest BCUT2D eigenvalue weighted by atomic mass is 35.5. The predicted molar refractivity (Wildman–Crippen MR) is 53.9 cm³/mol. The molecule has 0 saturated heterocycles. The molecule has 1 rings (SSSR count). The van der Waals surface area contributed by atoms with Gasteiger partial charge in [-0.15, -0.1) is 5.10 Å². The largest absolute Gasteiger partial charge is 0.248 e. The molecule has 0 aliphatic carbocycles. The average Bonchev–Trinajstić information content (AvgIpc) is 2.43. The molecule has 0 aliphatic rings. The number of unbranched alkanes of at least 4 members (excludes halogenated alkanes) is 3. The molecule has 74 valence electrons. The second-order valence-corrected chi connectivity index (χ2v) is 3.61. The monoisotopic (exact) mass is 201 g/mol. The molecule has 0 spiro atoms. The van der Waals surface area contributed by atoms with E-state index in [2.05, 4.69) is 17.2 Å². The number of halogens is 1. The van der Waals surface area contributed by atoms with Gasteiger partial charge < -0.3 is 0 Å². The Balaban J connectivity index is 2.32. The van der Waals surface area contributed by atoms with Crippen LogP contribution in [0.4, 0.5) is 0 Å². The highest BCUT2D eigenvalue weighted by Crippen LogP contribution is 2.10. The van der Waals surface area contributed by atoms with Crippen molar-refractivity contribution in [3.05, 3.63) is 10.8 Å². The van der Waals surface area contributed by atoms with E-state index in [1.165, 1.54) is 19.3 Å². The molecule has 1 heterocycles. The molecule has 1 aromatic heterocycles. The lowest BCUT2D eigenvalue weighted by molar-refractivity contribution is 0.519. The van der Waals surface area contributed by atoms with E-state index in [0.717, 1.165) is 18.7 Å². The molecular formula is C9H16ClN3. The molecule has 4 heteroatoms. The standard InChI is InChI=1S/C9H16ClN3/c1-3-4-5-6-7-13-8(2)9(10)11-12-13/h3-7H2,1-2H3. The van der Waals surface area contributed by atoms with Gasteiger partial charge in [0.05, 0.1) is 5.69 Å². The lowest BCUT2D eigenvalue weighted by Crippen LogP contribution is -2.02. The van der Waals surface area contributed by atoms with E-state index in [-0.39, 0.29) is 0 Å². The summed E-state index contributed by atoms with van der Waals surface area (Å²) in [5.74, 6) is 0. The van der Waals surface area contributed by atoms with Crippen molar-refractivity contribution in [2.45, 2.75) is 46.1 Å². The van der Waals surface area contributed by atoms with E-state index in [1.54, 1.807) is 0 Å². The minimum atomic E-state index is 0.524. The second kappa shape index (κ2) is 5.22. The van der Waals surface area contributed by atoms with Crippen LogP contribution in [-0.2, 0) is 6.54 Å². The summed E-state index contributed by atoms with van der Waals surface area (Å²) < 4.78 is 1.87. The van der Waals surface area contributed by atoms with Gasteiger partial charge in [0.2, 0.25) is 0 Å². The fourth-order valence-electron chi connectivity index (χ4n) is 1.24. The van der Waals surface area contributed by atoms with Crippen molar-refractivity contribution in [3.8, 4) is 0 Å². The maximum atomic E-state index is 5.78. The van der Waals surface area contributed by atoms with Crippen LogP contribution in [0.5, 0.6) is 0 Å². The zero-order valence-corrected chi connectivity index (χ0v) is 9.01. The molecule has 1 aromatic rings. The van der Waals surface area contributed by atoms with Gasteiger partial charge >= 0.3 is 0 Å². The number of nitrogens with zero attached hydrogens (tertiary/aromatic N) is 3. The fourth-order valence-corrected chi connectivity index (χ4v) is 1.37. The Bertz CT molecular complexity index is 257. The van der Waals surface area contributed by atoms with Gasteiger partial charge in [-0.2, -0.15) is 0 Å². The van der Waals surface area contributed by atoms with Crippen LogP contribution >= 0.6 is 11.6 Å². The summed E-state index contributed by atoms with van der Waals surface area (Å²) in [7, 11) is 0. The van der Waals surface area contributed by atoms with Gasteiger partial charge in [0.15, 0.2) is 5.15 Å². The number of aromatic nitrogens is 3. The van der Waals surface area contributed by atoms with Gasteiger partial charge in [-0.1, -0.05) is 43.0 Å². The topological polar surface area (TPSA) is 30.7 Å².